The number of rotatable bonds is 4. The summed E-state index contributed by atoms with van der Waals surface area (Å²) in [6.45, 7) is 6.94. The zero-order valence-corrected chi connectivity index (χ0v) is 13.5. The van der Waals surface area contributed by atoms with Crippen molar-refractivity contribution >= 4 is 9.84 Å². The van der Waals surface area contributed by atoms with E-state index in [4.69, 9.17) is 0 Å². The Morgan fingerprint density at radius 2 is 1.85 bits per heavy atom. The highest BCUT2D eigenvalue weighted by Crippen LogP contribution is 2.31. The lowest BCUT2D eigenvalue weighted by atomic mass is 9.96. The van der Waals surface area contributed by atoms with E-state index in [1.165, 1.54) is 11.1 Å². The first kappa shape index (κ1) is 15.5. The molecule has 0 aliphatic carbocycles. The maximum atomic E-state index is 12.4. The molecular weight excluding hydrogens is 270 g/mol. The van der Waals surface area contributed by atoms with Crippen LogP contribution in [0.25, 0.3) is 0 Å². The maximum absolute atomic E-state index is 12.4. The van der Waals surface area contributed by atoms with Crippen LogP contribution in [0.15, 0.2) is 18.2 Å². The highest BCUT2D eigenvalue weighted by atomic mass is 32.2. The number of benzene rings is 1. The van der Waals surface area contributed by atoms with E-state index < -0.39 is 9.84 Å². The fourth-order valence-corrected chi connectivity index (χ4v) is 5.33. The Morgan fingerprint density at radius 1 is 1.20 bits per heavy atom. The largest absolute Gasteiger partial charge is 0.309 e. The monoisotopic (exact) mass is 295 g/mol. The van der Waals surface area contributed by atoms with Crippen molar-refractivity contribution in [3.63, 3.8) is 0 Å². The second kappa shape index (κ2) is 6.27. The lowest BCUT2D eigenvalue weighted by molar-refractivity contribution is 0.454. The molecule has 0 spiro atoms. The van der Waals surface area contributed by atoms with Crippen LogP contribution in [0, 0.1) is 13.8 Å². The number of aryl methyl sites for hydroxylation is 2. The van der Waals surface area contributed by atoms with Crippen molar-refractivity contribution < 1.29 is 8.42 Å². The molecule has 4 heteroatoms. The van der Waals surface area contributed by atoms with Gasteiger partial charge in [0, 0.05) is 6.04 Å². The van der Waals surface area contributed by atoms with Gasteiger partial charge in [-0.05, 0) is 38.8 Å². The summed E-state index contributed by atoms with van der Waals surface area (Å²) in [5.41, 5.74) is 3.49. The second-order valence-corrected chi connectivity index (χ2v) is 8.20. The zero-order chi connectivity index (χ0) is 14.8. The van der Waals surface area contributed by atoms with E-state index in [9.17, 15) is 8.42 Å². The molecule has 1 saturated heterocycles. The third-order valence-corrected chi connectivity index (χ3v) is 6.32. The van der Waals surface area contributed by atoms with Gasteiger partial charge in [-0.25, -0.2) is 8.42 Å². The van der Waals surface area contributed by atoms with Crippen molar-refractivity contribution in [1.82, 2.24) is 5.32 Å². The molecule has 0 saturated carbocycles. The van der Waals surface area contributed by atoms with E-state index >= 15 is 0 Å². The topological polar surface area (TPSA) is 46.2 Å². The smallest absolute Gasteiger partial charge is 0.155 e. The molecule has 3 nitrogen and oxygen atoms in total. The molecular formula is C16H25NO2S. The molecule has 2 atom stereocenters. The summed E-state index contributed by atoms with van der Waals surface area (Å²) >= 11 is 0. The van der Waals surface area contributed by atoms with Crippen molar-refractivity contribution in [2.45, 2.75) is 51.3 Å². The Morgan fingerprint density at radius 3 is 2.40 bits per heavy atom. The SMILES string of the molecule is CCNC(c1cc(C)cc(C)c1)C1CCCCS1(=O)=O. The predicted octanol–water partition coefficient (Wildman–Crippen LogP) is 2.92. The van der Waals surface area contributed by atoms with Gasteiger partial charge in [0.2, 0.25) is 0 Å². The fraction of sp³-hybridized carbons (Fsp3) is 0.625. The van der Waals surface area contributed by atoms with Crippen molar-refractivity contribution in [3.8, 4) is 0 Å². The minimum Gasteiger partial charge on any atom is -0.309 e. The third kappa shape index (κ3) is 3.41. The average molecular weight is 295 g/mol. The average Bonchev–Trinajstić information content (AvgIpc) is 2.35. The summed E-state index contributed by atoms with van der Waals surface area (Å²) < 4.78 is 24.8. The molecule has 1 aliphatic heterocycles. The highest BCUT2D eigenvalue weighted by Gasteiger charge is 2.36. The highest BCUT2D eigenvalue weighted by molar-refractivity contribution is 7.92. The molecule has 1 N–H and O–H groups in total. The van der Waals surface area contributed by atoms with Crippen molar-refractivity contribution in [3.05, 3.63) is 34.9 Å². The fourth-order valence-electron chi connectivity index (χ4n) is 3.23. The van der Waals surface area contributed by atoms with Gasteiger partial charge >= 0.3 is 0 Å². The predicted molar refractivity (Wildman–Crippen MR) is 83.8 cm³/mol. The van der Waals surface area contributed by atoms with E-state index in [0.717, 1.165) is 31.4 Å². The Bertz CT molecular complexity index is 546. The van der Waals surface area contributed by atoms with E-state index in [1.54, 1.807) is 0 Å². The van der Waals surface area contributed by atoms with Crippen LogP contribution >= 0.6 is 0 Å². The van der Waals surface area contributed by atoms with E-state index in [0.29, 0.717) is 5.75 Å². The Kier molecular flexibility index (Phi) is 4.86. The van der Waals surface area contributed by atoms with Crippen LogP contribution < -0.4 is 5.32 Å². The van der Waals surface area contributed by atoms with Gasteiger partial charge in [0.1, 0.15) is 0 Å². The van der Waals surface area contributed by atoms with Crippen LogP contribution in [-0.2, 0) is 9.84 Å². The van der Waals surface area contributed by atoms with Crippen LogP contribution in [0.4, 0.5) is 0 Å². The van der Waals surface area contributed by atoms with Crippen LogP contribution in [-0.4, -0.2) is 26.0 Å². The molecule has 0 amide bonds. The van der Waals surface area contributed by atoms with Gasteiger partial charge in [0.15, 0.2) is 9.84 Å². The minimum absolute atomic E-state index is 0.0797. The molecule has 1 heterocycles. The Hall–Kier alpha value is -0.870. The molecule has 1 aromatic carbocycles. The number of hydrogen-bond acceptors (Lipinski definition) is 3. The molecule has 1 aliphatic rings. The van der Waals surface area contributed by atoms with Gasteiger partial charge in [0.25, 0.3) is 0 Å². The van der Waals surface area contributed by atoms with Gasteiger partial charge in [-0.3, -0.25) is 0 Å². The van der Waals surface area contributed by atoms with Crippen LogP contribution in [0.3, 0.4) is 0 Å². The van der Waals surface area contributed by atoms with Gasteiger partial charge in [-0.2, -0.15) is 0 Å². The first-order valence-electron chi connectivity index (χ1n) is 7.47. The van der Waals surface area contributed by atoms with Crippen molar-refractivity contribution in [1.29, 1.82) is 0 Å². The molecule has 112 valence electrons. The molecule has 20 heavy (non-hydrogen) atoms. The number of nitrogens with one attached hydrogen (secondary N) is 1. The van der Waals surface area contributed by atoms with Crippen LogP contribution in [0.2, 0.25) is 0 Å². The summed E-state index contributed by atoms with van der Waals surface area (Å²) in [7, 11) is -2.98. The third-order valence-electron chi connectivity index (χ3n) is 4.03. The lowest BCUT2D eigenvalue weighted by Crippen LogP contribution is -2.40. The molecule has 1 fully saturated rings. The summed E-state index contributed by atoms with van der Waals surface area (Å²) in [4.78, 5) is 0. The van der Waals surface area contributed by atoms with Crippen molar-refractivity contribution in [2.24, 2.45) is 0 Å². The molecule has 2 rings (SSSR count). The molecule has 2 unspecified atom stereocenters. The van der Waals surface area contributed by atoms with Gasteiger partial charge in [-0.15, -0.1) is 0 Å². The normalized spacial score (nSPS) is 23.4. The van der Waals surface area contributed by atoms with E-state index in [1.807, 2.05) is 6.92 Å². The second-order valence-electron chi connectivity index (χ2n) is 5.86. The quantitative estimate of drug-likeness (QED) is 0.929. The maximum Gasteiger partial charge on any atom is 0.155 e. The molecule has 0 bridgehead atoms. The molecule has 0 aromatic heterocycles. The van der Waals surface area contributed by atoms with Gasteiger partial charge in [-0.1, -0.05) is 42.7 Å². The van der Waals surface area contributed by atoms with Crippen molar-refractivity contribution in [2.75, 3.05) is 12.3 Å². The first-order valence-corrected chi connectivity index (χ1v) is 9.18. The summed E-state index contributed by atoms with van der Waals surface area (Å²) in [5.74, 6) is 0.338. The number of hydrogen-bond donors (Lipinski definition) is 1. The standard InChI is InChI=1S/C16H25NO2S/c1-4-17-16(14-10-12(2)9-13(3)11-14)15-7-5-6-8-20(15,18)19/h9-11,15-17H,4-8H2,1-3H3. The summed E-state index contributed by atoms with van der Waals surface area (Å²) in [6.07, 6.45) is 2.59. The van der Waals surface area contributed by atoms with E-state index in [-0.39, 0.29) is 11.3 Å². The van der Waals surface area contributed by atoms with Crippen LogP contribution in [0.5, 0.6) is 0 Å². The minimum atomic E-state index is -2.98. The summed E-state index contributed by atoms with van der Waals surface area (Å²) in [6, 6.07) is 6.28. The van der Waals surface area contributed by atoms with Gasteiger partial charge < -0.3 is 5.32 Å². The van der Waals surface area contributed by atoms with Crippen LogP contribution in [0.1, 0.15) is 48.9 Å². The zero-order valence-electron chi connectivity index (χ0n) is 12.6. The first-order chi connectivity index (χ1) is 9.44. The van der Waals surface area contributed by atoms with Gasteiger partial charge in [0.05, 0.1) is 11.0 Å². The Balaban J connectivity index is 2.39. The van der Waals surface area contributed by atoms with E-state index in [2.05, 4.69) is 37.4 Å². The summed E-state index contributed by atoms with van der Waals surface area (Å²) in [5, 5.41) is 3.12. The molecule has 1 aromatic rings. The molecule has 0 radical (unpaired) electrons. The number of sulfone groups is 1. The Labute approximate surface area is 122 Å². The lowest BCUT2D eigenvalue weighted by Gasteiger charge is -2.31.